The first-order chi connectivity index (χ1) is 16.9. The average molecular weight is 509 g/mol. The van der Waals surface area contributed by atoms with Crippen molar-refractivity contribution < 1.29 is 19.0 Å². The molecule has 0 aliphatic carbocycles. The Morgan fingerprint density at radius 3 is 2.63 bits per heavy atom. The Labute approximate surface area is 210 Å². The van der Waals surface area contributed by atoms with Crippen molar-refractivity contribution in [3.05, 3.63) is 84.0 Å². The van der Waals surface area contributed by atoms with Gasteiger partial charge in [-0.3, -0.25) is 9.36 Å². The van der Waals surface area contributed by atoms with E-state index >= 15 is 0 Å². The number of thioether (sulfide) groups is 1. The first-order valence-electron chi connectivity index (χ1n) is 11.1. The van der Waals surface area contributed by atoms with Gasteiger partial charge < -0.3 is 14.2 Å². The molecule has 0 radical (unpaired) electrons. The molecule has 2 aromatic carbocycles. The van der Waals surface area contributed by atoms with E-state index in [1.807, 2.05) is 55.7 Å². The zero-order valence-electron chi connectivity index (χ0n) is 19.8. The summed E-state index contributed by atoms with van der Waals surface area (Å²) in [7, 11) is 0. The number of aromatic nitrogens is 1. The Bertz CT molecular complexity index is 1530. The summed E-state index contributed by atoms with van der Waals surface area (Å²) in [4.78, 5) is 33.0. The Kier molecular flexibility index (Phi) is 6.29. The molecule has 3 aromatic rings. The molecule has 1 unspecified atom stereocenters. The van der Waals surface area contributed by atoms with Gasteiger partial charge in [-0.2, -0.15) is 0 Å². The van der Waals surface area contributed by atoms with Crippen LogP contribution in [0.4, 0.5) is 0 Å². The molecule has 0 saturated heterocycles. The third-order valence-corrected chi connectivity index (χ3v) is 7.72. The minimum absolute atomic E-state index is 0.186. The van der Waals surface area contributed by atoms with E-state index in [0.717, 1.165) is 21.6 Å². The van der Waals surface area contributed by atoms with Crippen LogP contribution in [0, 0.1) is 6.92 Å². The number of benzene rings is 2. The number of hydrogen-bond donors (Lipinski definition) is 0. The number of fused-ring (bicyclic) bond motifs is 2. The zero-order chi connectivity index (χ0) is 24.7. The molecule has 35 heavy (non-hydrogen) atoms. The molecular weight excluding hydrogens is 484 g/mol. The second-order valence-corrected chi connectivity index (χ2v) is 10.0. The van der Waals surface area contributed by atoms with Crippen molar-refractivity contribution >= 4 is 35.1 Å². The van der Waals surface area contributed by atoms with Crippen LogP contribution in [-0.2, 0) is 9.53 Å². The highest BCUT2D eigenvalue weighted by Gasteiger charge is 2.33. The molecule has 5 rings (SSSR count). The lowest BCUT2D eigenvalue weighted by molar-refractivity contribution is -0.139. The topological polar surface area (TPSA) is 79.1 Å². The summed E-state index contributed by atoms with van der Waals surface area (Å²) in [6, 6.07) is 11.0. The lowest BCUT2D eigenvalue weighted by atomic mass is 9.96. The number of rotatable bonds is 5. The van der Waals surface area contributed by atoms with E-state index in [9.17, 15) is 9.59 Å². The molecule has 9 heteroatoms. The van der Waals surface area contributed by atoms with E-state index in [0.29, 0.717) is 32.1 Å². The molecule has 0 N–H and O–H groups in total. The second kappa shape index (κ2) is 9.39. The van der Waals surface area contributed by atoms with Crippen LogP contribution in [0.1, 0.15) is 36.6 Å². The van der Waals surface area contributed by atoms with E-state index < -0.39 is 12.0 Å². The molecule has 1 atom stereocenters. The Hall–Kier alpha value is -3.30. The summed E-state index contributed by atoms with van der Waals surface area (Å²) in [5, 5.41) is 0. The van der Waals surface area contributed by atoms with Crippen LogP contribution in [0.5, 0.6) is 11.5 Å². The zero-order valence-corrected chi connectivity index (χ0v) is 21.4. The maximum absolute atomic E-state index is 13.7. The summed E-state index contributed by atoms with van der Waals surface area (Å²) < 4.78 is 18.5. The van der Waals surface area contributed by atoms with E-state index in [1.165, 1.54) is 11.3 Å². The van der Waals surface area contributed by atoms with Crippen molar-refractivity contribution in [3.63, 3.8) is 0 Å². The molecular formula is C26H24N2O5S2. The highest BCUT2D eigenvalue weighted by atomic mass is 32.2. The van der Waals surface area contributed by atoms with E-state index in [-0.39, 0.29) is 19.0 Å². The van der Waals surface area contributed by atoms with Crippen LogP contribution in [0.15, 0.2) is 62.4 Å². The quantitative estimate of drug-likeness (QED) is 0.387. The van der Waals surface area contributed by atoms with Gasteiger partial charge >= 0.3 is 5.97 Å². The van der Waals surface area contributed by atoms with Gasteiger partial charge in [-0.05, 0) is 74.1 Å². The lowest BCUT2D eigenvalue weighted by Gasteiger charge is -2.24. The van der Waals surface area contributed by atoms with Crippen molar-refractivity contribution in [1.82, 2.24) is 4.57 Å². The maximum Gasteiger partial charge on any atom is 0.338 e. The summed E-state index contributed by atoms with van der Waals surface area (Å²) in [5.74, 6) is 0.889. The first kappa shape index (κ1) is 23.4. The molecule has 3 heterocycles. The van der Waals surface area contributed by atoms with Crippen LogP contribution in [0.2, 0.25) is 0 Å². The van der Waals surface area contributed by atoms with Crippen LogP contribution >= 0.6 is 23.1 Å². The van der Waals surface area contributed by atoms with E-state index in [4.69, 9.17) is 14.2 Å². The van der Waals surface area contributed by atoms with Gasteiger partial charge in [0.05, 0.1) is 28.5 Å². The average Bonchev–Trinajstić information content (AvgIpc) is 3.42. The predicted molar refractivity (Wildman–Crippen MR) is 136 cm³/mol. The highest BCUT2D eigenvalue weighted by Crippen LogP contribution is 2.35. The predicted octanol–water partition coefficient (Wildman–Crippen LogP) is 3.56. The number of esters is 1. The summed E-state index contributed by atoms with van der Waals surface area (Å²) in [6.45, 7) is 5.94. The van der Waals surface area contributed by atoms with Crippen molar-refractivity contribution in [2.75, 3.05) is 19.7 Å². The van der Waals surface area contributed by atoms with E-state index in [1.54, 1.807) is 30.2 Å². The van der Waals surface area contributed by atoms with Crippen molar-refractivity contribution in [2.24, 2.45) is 4.99 Å². The summed E-state index contributed by atoms with van der Waals surface area (Å²) >= 11 is 2.93. The number of thiazole rings is 1. The van der Waals surface area contributed by atoms with Gasteiger partial charge in [0.15, 0.2) is 16.3 Å². The number of carbonyl (C=O) groups is 1. The van der Waals surface area contributed by atoms with Gasteiger partial charge in [-0.15, -0.1) is 11.8 Å². The molecule has 0 spiro atoms. The Morgan fingerprint density at radius 1 is 1.23 bits per heavy atom. The summed E-state index contributed by atoms with van der Waals surface area (Å²) in [5.41, 5.74) is 3.37. The van der Waals surface area contributed by atoms with Crippen LogP contribution < -0.4 is 24.4 Å². The second-order valence-electron chi connectivity index (χ2n) is 8.14. The van der Waals surface area contributed by atoms with Crippen LogP contribution in [-0.4, -0.2) is 30.2 Å². The lowest BCUT2D eigenvalue weighted by Crippen LogP contribution is -2.39. The third kappa shape index (κ3) is 4.19. The fraction of sp³-hybridized carbons (Fsp3) is 0.269. The molecule has 0 bridgehead atoms. The normalized spacial score (nSPS) is 16.8. The number of allylic oxidation sites excluding steroid dienone is 1. The minimum atomic E-state index is -0.624. The van der Waals surface area contributed by atoms with Gasteiger partial charge in [-0.25, -0.2) is 9.79 Å². The molecule has 7 nitrogen and oxygen atoms in total. The number of hydrogen-bond acceptors (Lipinski definition) is 8. The highest BCUT2D eigenvalue weighted by molar-refractivity contribution is 7.98. The molecule has 0 fully saturated rings. The molecule has 2 aliphatic rings. The first-order valence-corrected chi connectivity index (χ1v) is 13.2. The van der Waals surface area contributed by atoms with Gasteiger partial charge in [-0.1, -0.05) is 23.5 Å². The number of aryl methyl sites for hydroxylation is 1. The largest absolute Gasteiger partial charge is 0.463 e. The molecule has 1 aromatic heterocycles. The smallest absolute Gasteiger partial charge is 0.338 e. The Balaban J connectivity index is 1.70. The molecule has 0 amide bonds. The van der Waals surface area contributed by atoms with Crippen molar-refractivity contribution in [1.29, 1.82) is 0 Å². The van der Waals surface area contributed by atoms with E-state index in [2.05, 4.69) is 4.99 Å². The van der Waals surface area contributed by atoms with Crippen molar-refractivity contribution in [3.8, 4) is 11.5 Å². The minimum Gasteiger partial charge on any atom is -0.463 e. The maximum atomic E-state index is 13.7. The molecule has 180 valence electrons. The number of carbonyl (C=O) groups excluding carboxylic acids is 1. The fourth-order valence-electron chi connectivity index (χ4n) is 4.25. The monoisotopic (exact) mass is 508 g/mol. The Morgan fingerprint density at radius 2 is 1.94 bits per heavy atom. The summed E-state index contributed by atoms with van der Waals surface area (Å²) in [6.07, 6.45) is 3.85. The SMILES string of the molecule is CCOC(=O)C1=C(C)N=c2sc(=Cc3cc4c(cc3C)OCO4)c(=O)n2C1c1ccc(SC)cc1. The van der Waals surface area contributed by atoms with Gasteiger partial charge in [0, 0.05) is 4.90 Å². The van der Waals surface area contributed by atoms with Gasteiger partial charge in [0.1, 0.15) is 0 Å². The third-order valence-electron chi connectivity index (χ3n) is 6.00. The van der Waals surface area contributed by atoms with Crippen molar-refractivity contribution in [2.45, 2.75) is 31.7 Å². The number of ether oxygens (including phenoxy) is 3. The fourth-order valence-corrected chi connectivity index (χ4v) is 5.69. The van der Waals surface area contributed by atoms with Gasteiger partial charge in [0.25, 0.3) is 5.56 Å². The number of nitrogens with zero attached hydrogens (tertiary/aromatic N) is 2. The standard InChI is InChI=1S/C26H24N2O5S2/c1-5-31-25(30)22-15(3)27-26-28(23(22)16-6-8-18(34-4)9-7-16)24(29)21(35-26)12-17-11-20-19(10-14(17)2)32-13-33-20/h6-12,23H,5,13H2,1-4H3. The van der Waals surface area contributed by atoms with Gasteiger partial charge in [0.2, 0.25) is 6.79 Å². The molecule has 2 aliphatic heterocycles. The molecule has 0 saturated carbocycles. The van der Waals surface area contributed by atoms with Crippen LogP contribution in [0.25, 0.3) is 6.08 Å². The van der Waals surface area contributed by atoms with Crippen LogP contribution in [0.3, 0.4) is 0 Å².